The molecule has 6 rings (SSSR count). The third-order valence-electron chi connectivity index (χ3n) is 9.52. The van der Waals surface area contributed by atoms with E-state index in [4.69, 9.17) is 72.1 Å². The van der Waals surface area contributed by atoms with Crippen molar-refractivity contribution in [3.63, 3.8) is 0 Å². The molecule has 2 aliphatic rings. The fraction of sp³-hybridized carbons (Fsp3) is 0.262. The third kappa shape index (κ3) is 9.11. The fourth-order valence-corrected chi connectivity index (χ4v) is 7.74. The Balaban J connectivity index is 1.14. The maximum Gasteiger partial charge on any atom is 0.227 e. The van der Waals surface area contributed by atoms with Crippen molar-refractivity contribution in [1.82, 2.24) is 24.8 Å². The number of rotatable bonds is 15. The van der Waals surface area contributed by atoms with Gasteiger partial charge in [0.25, 0.3) is 0 Å². The van der Waals surface area contributed by atoms with E-state index in [1.807, 2.05) is 42.5 Å². The number of para-hydroxylation sites is 1. The predicted octanol–water partition coefficient (Wildman–Crippen LogP) is 7.81. The van der Waals surface area contributed by atoms with E-state index in [-0.39, 0.29) is 31.2 Å². The van der Waals surface area contributed by atoms with Gasteiger partial charge in [-0.15, -0.1) is 0 Å². The van der Waals surface area contributed by atoms with Crippen LogP contribution in [0.25, 0.3) is 0 Å². The standard InChI is InChI=1S/C42H35Cl4N9O2/c1-5-54(6-2)22-10-20-47-41-51-30(52-42(53-41)48-21-11-23-55(7-3)8-4)24-25-14-17-27(18-15-25)49-29-13-9-12-26-16-19-28(50-38(26)29)31-39(56)32-33(40(31)57)35(44)37(46)36(45)34(32)43/h1-4,9,12-15,17-18,28,31,49-50H,10-11,16,19-24H2,(H2,47,48,51,52,53). The SMILES string of the molecule is C#CN(C#C)CCCNc1nc(Cc2ccc(Nc3cccc4c3NC(C3C(=O)c5c(Cl)c(Cl)c(Cl)c(Cl)c5C3=O)CC4)cc2)nc(NCCCN(C#C)C#C)n1. The van der Waals surface area contributed by atoms with Gasteiger partial charge >= 0.3 is 0 Å². The van der Waals surface area contributed by atoms with Crippen molar-refractivity contribution < 1.29 is 9.59 Å². The first-order valence-corrected chi connectivity index (χ1v) is 19.4. The normalized spacial score (nSPS) is 14.2. The van der Waals surface area contributed by atoms with Crippen LogP contribution in [0.5, 0.6) is 0 Å². The van der Waals surface area contributed by atoms with Gasteiger partial charge in [-0.25, -0.2) is 0 Å². The van der Waals surface area contributed by atoms with E-state index < -0.39 is 23.5 Å². The topological polar surface area (TPSA) is 127 Å². The summed E-state index contributed by atoms with van der Waals surface area (Å²) in [6.07, 6.45) is 24.6. The van der Waals surface area contributed by atoms with Gasteiger partial charge in [0.05, 0.1) is 42.6 Å². The van der Waals surface area contributed by atoms with Crippen LogP contribution in [-0.4, -0.2) is 68.5 Å². The molecule has 3 aromatic carbocycles. The number of Topliss-reactive ketones (excluding diaryl/α,β-unsaturated/α-hetero) is 2. The third-order valence-corrected chi connectivity index (χ3v) is 11.3. The molecule has 0 saturated heterocycles. The molecule has 288 valence electrons. The average molecular weight is 840 g/mol. The maximum absolute atomic E-state index is 13.7. The van der Waals surface area contributed by atoms with Crippen LogP contribution in [0.2, 0.25) is 20.1 Å². The molecule has 1 aliphatic carbocycles. The molecule has 0 saturated carbocycles. The molecule has 4 N–H and O–H groups in total. The summed E-state index contributed by atoms with van der Waals surface area (Å²) in [5.41, 5.74) is 4.44. The van der Waals surface area contributed by atoms with Crippen molar-refractivity contribution in [2.24, 2.45) is 5.92 Å². The molecule has 1 aromatic heterocycles. The van der Waals surface area contributed by atoms with Gasteiger partial charge in [-0.3, -0.25) is 19.4 Å². The largest absolute Gasteiger partial charge is 0.379 e. The molecule has 0 amide bonds. The number of ketones is 2. The second kappa shape index (κ2) is 18.4. The van der Waals surface area contributed by atoms with E-state index in [9.17, 15) is 9.59 Å². The summed E-state index contributed by atoms with van der Waals surface area (Å²) in [5, 5.41) is 13.2. The summed E-state index contributed by atoms with van der Waals surface area (Å²) in [5.74, 6) is -0.529. The lowest BCUT2D eigenvalue weighted by Crippen LogP contribution is -2.39. The molecule has 0 spiro atoms. The molecule has 1 aliphatic heterocycles. The molecule has 4 aromatic rings. The average Bonchev–Trinajstić information content (AvgIpc) is 3.49. The number of aromatic nitrogens is 3. The molecule has 0 bridgehead atoms. The second-order valence-electron chi connectivity index (χ2n) is 13.1. The van der Waals surface area contributed by atoms with Crippen molar-refractivity contribution in [2.45, 2.75) is 38.1 Å². The van der Waals surface area contributed by atoms with Crippen molar-refractivity contribution in [2.75, 3.05) is 47.4 Å². The lowest BCUT2D eigenvalue weighted by molar-refractivity contribution is 0.0819. The molecule has 57 heavy (non-hydrogen) atoms. The zero-order valence-electron chi connectivity index (χ0n) is 30.4. The van der Waals surface area contributed by atoms with Gasteiger partial charge in [0.1, 0.15) is 11.7 Å². The minimum absolute atomic E-state index is 0.0174. The van der Waals surface area contributed by atoms with Crippen LogP contribution in [0.15, 0.2) is 42.5 Å². The molecule has 1 atom stereocenters. The van der Waals surface area contributed by atoms with Crippen molar-refractivity contribution in [3.05, 3.63) is 90.6 Å². The smallest absolute Gasteiger partial charge is 0.227 e. The van der Waals surface area contributed by atoms with Gasteiger partial charge in [0.2, 0.25) is 11.9 Å². The van der Waals surface area contributed by atoms with E-state index in [2.05, 4.69) is 60.4 Å². The Kier molecular flexibility index (Phi) is 13.2. The van der Waals surface area contributed by atoms with Gasteiger partial charge in [-0.1, -0.05) is 96.4 Å². The summed E-state index contributed by atoms with van der Waals surface area (Å²) in [6.45, 7) is 2.10. The number of nitrogens with zero attached hydrogens (tertiary/aromatic N) is 5. The first kappa shape index (κ1) is 40.9. The van der Waals surface area contributed by atoms with E-state index in [1.165, 1.54) is 9.80 Å². The molecule has 2 heterocycles. The zero-order valence-corrected chi connectivity index (χ0v) is 33.5. The Hall–Kier alpha value is -5.79. The number of terminal acetylenes is 4. The van der Waals surface area contributed by atoms with Crippen LogP contribution < -0.4 is 21.3 Å². The highest BCUT2D eigenvalue weighted by molar-refractivity contribution is 6.55. The van der Waals surface area contributed by atoms with Crippen LogP contribution in [0.4, 0.5) is 29.0 Å². The van der Waals surface area contributed by atoms with E-state index in [0.717, 1.165) is 28.2 Å². The van der Waals surface area contributed by atoms with Crippen LogP contribution in [0.3, 0.4) is 0 Å². The highest BCUT2D eigenvalue weighted by Gasteiger charge is 2.48. The Morgan fingerprint density at radius 1 is 0.737 bits per heavy atom. The van der Waals surface area contributed by atoms with E-state index in [0.29, 0.717) is 76.0 Å². The summed E-state index contributed by atoms with van der Waals surface area (Å²) >= 11 is 25.3. The highest BCUT2D eigenvalue weighted by Crippen LogP contribution is 2.48. The zero-order chi connectivity index (χ0) is 40.6. The number of aryl methyl sites for hydroxylation is 1. The first-order valence-electron chi connectivity index (χ1n) is 17.9. The number of hydrogen-bond acceptors (Lipinski definition) is 11. The Bertz CT molecular complexity index is 2240. The van der Waals surface area contributed by atoms with Crippen molar-refractivity contribution >= 4 is 86.9 Å². The number of halogens is 4. The number of hydrogen-bond donors (Lipinski definition) is 4. The molecule has 15 heteroatoms. The molecule has 0 radical (unpaired) electrons. The summed E-state index contributed by atoms with van der Waals surface area (Å²) in [4.78, 5) is 44.1. The highest BCUT2D eigenvalue weighted by atomic mass is 35.5. The number of carbonyl (C=O) groups is 2. The summed E-state index contributed by atoms with van der Waals surface area (Å²) < 4.78 is 0. The van der Waals surface area contributed by atoms with Crippen LogP contribution >= 0.6 is 46.4 Å². The fourth-order valence-electron chi connectivity index (χ4n) is 6.70. The summed E-state index contributed by atoms with van der Waals surface area (Å²) in [6, 6.07) is 23.0. The van der Waals surface area contributed by atoms with Gasteiger partial charge in [0.15, 0.2) is 11.6 Å². The molecular weight excluding hydrogens is 804 g/mol. The van der Waals surface area contributed by atoms with Crippen LogP contribution in [0.1, 0.15) is 56.9 Å². The van der Waals surface area contributed by atoms with Gasteiger partial charge in [0, 0.05) is 68.5 Å². The quantitative estimate of drug-likeness (QED) is 0.0234. The van der Waals surface area contributed by atoms with Crippen LogP contribution in [-0.2, 0) is 12.8 Å². The minimum Gasteiger partial charge on any atom is -0.379 e. The molecule has 0 fully saturated rings. The Morgan fingerprint density at radius 2 is 1.28 bits per heavy atom. The van der Waals surface area contributed by atoms with Gasteiger partial charge < -0.3 is 21.3 Å². The Morgan fingerprint density at radius 3 is 1.81 bits per heavy atom. The number of nitrogens with one attached hydrogen (secondary N) is 4. The number of anilines is 5. The minimum atomic E-state index is -1.04. The van der Waals surface area contributed by atoms with E-state index >= 15 is 0 Å². The monoisotopic (exact) mass is 837 g/mol. The lowest BCUT2D eigenvalue weighted by Gasteiger charge is -2.31. The predicted molar refractivity (Wildman–Crippen MR) is 228 cm³/mol. The number of benzene rings is 3. The molecule has 1 unspecified atom stereocenters. The maximum atomic E-state index is 13.7. The van der Waals surface area contributed by atoms with Crippen molar-refractivity contribution in [1.29, 1.82) is 0 Å². The molecular formula is C42H35Cl4N9O2. The van der Waals surface area contributed by atoms with E-state index in [1.54, 1.807) is 0 Å². The Labute approximate surface area is 351 Å². The second-order valence-corrected chi connectivity index (χ2v) is 14.6. The lowest BCUT2D eigenvalue weighted by atomic mass is 9.86. The first-order chi connectivity index (χ1) is 27.6. The van der Waals surface area contributed by atoms with Crippen molar-refractivity contribution in [3.8, 4) is 49.9 Å². The number of fused-ring (bicyclic) bond motifs is 2. The summed E-state index contributed by atoms with van der Waals surface area (Å²) in [7, 11) is 0. The van der Waals surface area contributed by atoms with Gasteiger partial charge in [-0.2, -0.15) is 15.0 Å². The van der Waals surface area contributed by atoms with Gasteiger partial charge in [-0.05, 0) is 55.0 Å². The molecule has 11 nitrogen and oxygen atoms in total. The van der Waals surface area contributed by atoms with Crippen LogP contribution in [0, 0.1) is 55.8 Å². The number of carbonyl (C=O) groups excluding carboxylic acids is 2.